The van der Waals surface area contributed by atoms with Gasteiger partial charge >= 0.3 is 0 Å². The topological polar surface area (TPSA) is 18.5 Å². The van der Waals surface area contributed by atoms with Crippen LogP contribution >= 0.6 is 0 Å². The highest BCUT2D eigenvalue weighted by molar-refractivity contribution is 5.15. The first-order chi connectivity index (χ1) is 8.44. The lowest BCUT2D eigenvalue weighted by molar-refractivity contribution is -0.205. The van der Waals surface area contributed by atoms with E-state index in [9.17, 15) is 0 Å². The highest BCUT2D eigenvalue weighted by atomic mass is 16.5. The molecule has 0 amide bonds. The zero-order valence-corrected chi connectivity index (χ0v) is 12.4. The molecule has 3 rings (SSSR count). The van der Waals surface area contributed by atoms with E-state index in [0.717, 1.165) is 12.5 Å². The van der Waals surface area contributed by atoms with Gasteiger partial charge in [0, 0.05) is 13.0 Å². The first-order valence-corrected chi connectivity index (χ1v) is 7.63. The maximum atomic E-state index is 6.75. The summed E-state index contributed by atoms with van der Waals surface area (Å²) >= 11 is 0. The Morgan fingerprint density at radius 1 is 1.17 bits per heavy atom. The molecule has 2 nitrogen and oxygen atoms in total. The van der Waals surface area contributed by atoms with Crippen molar-refractivity contribution < 1.29 is 9.47 Å². The molecule has 104 valence electrons. The van der Waals surface area contributed by atoms with Crippen LogP contribution in [0.3, 0.4) is 0 Å². The van der Waals surface area contributed by atoms with Crippen molar-refractivity contribution in [2.75, 3.05) is 13.7 Å². The Balaban J connectivity index is 1.99. The second kappa shape index (κ2) is 3.96. The van der Waals surface area contributed by atoms with Gasteiger partial charge in [0.2, 0.25) is 0 Å². The van der Waals surface area contributed by atoms with Crippen molar-refractivity contribution in [3.63, 3.8) is 0 Å². The van der Waals surface area contributed by atoms with Gasteiger partial charge in [0.1, 0.15) is 0 Å². The fourth-order valence-electron chi connectivity index (χ4n) is 5.20. The van der Waals surface area contributed by atoms with Crippen LogP contribution < -0.4 is 0 Å². The third-order valence-electron chi connectivity index (χ3n) is 6.35. The van der Waals surface area contributed by atoms with E-state index in [2.05, 4.69) is 20.8 Å². The van der Waals surface area contributed by atoms with E-state index < -0.39 is 0 Å². The van der Waals surface area contributed by atoms with Crippen molar-refractivity contribution >= 4 is 0 Å². The van der Waals surface area contributed by atoms with Crippen LogP contribution in [0.2, 0.25) is 0 Å². The van der Waals surface area contributed by atoms with Crippen LogP contribution in [0.4, 0.5) is 0 Å². The van der Waals surface area contributed by atoms with E-state index in [4.69, 9.17) is 9.47 Å². The standard InChI is InChI=1S/C16H28O2/c1-14(2)12-7-9-15(3)8-5-6-13(11-17-4)16(15,10-12)18-14/h12-13H,5-11H2,1-4H3/t12-,13+,15+,16+/m1/s1. The summed E-state index contributed by atoms with van der Waals surface area (Å²) in [5.74, 6) is 1.36. The summed E-state index contributed by atoms with van der Waals surface area (Å²) in [6, 6.07) is 0. The van der Waals surface area contributed by atoms with E-state index in [1.165, 1.54) is 38.5 Å². The molecule has 0 aromatic rings. The number of hydrogen-bond acceptors (Lipinski definition) is 2. The minimum atomic E-state index is 0.0705. The molecule has 1 aliphatic heterocycles. The van der Waals surface area contributed by atoms with E-state index in [-0.39, 0.29) is 11.2 Å². The number of ether oxygens (including phenoxy) is 2. The molecule has 0 aromatic carbocycles. The molecule has 1 saturated heterocycles. The van der Waals surface area contributed by atoms with E-state index in [0.29, 0.717) is 11.3 Å². The molecule has 1 spiro atoms. The largest absolute Gasteiger partial charge is 0.384 e. The zero-order chi connectivity index (χ0) is 13.0. The molecule has 18 heavy (non-hydrogen) atoms. The first-order valence-electron chi connectivity index (χ1n) is 7.63. The molecule has 0 radical (unpaired) electrons. The average molecular weight is 252 g/mol. The van der Waals surface area contributed by atoms with E-state index in [1.807, 2.05) is 7.11 Å². The predicted octanol–water partition coefficient (Wildman–Crippen LogP) is 3.79. The number of fused-ring (bicyclic) bond motifs is 1. The summed E-state index contributed by atoms with van der Waals surface area (Å²) in [5.41, 5.74) is 0.563. The fourth-order valence-corrected chi connectivity index (χ4v) is 5.20. The normalized spacial score (nSPS) is 50.0. The van der Waals surface area contributed by atoms with Crippen LogP contribution in [-0.4, -0.2) is 24.9 Å². The Kier molecular flexibility index (Phi) is 2.84. The summed E-state index contributed by atoms with van der Waals surface area (Å²) in [5, 5.41) is 0. The van der Waals surface area contributed by atoms with Crippen molar-refractivity contribution in [2.24, 2.45) is 17.3 Å². The fraction of sp³-hybridized carbons (Fsp3) is 1.00. The smallest absolute Gasteiger partial charge is 0.0796 e. The van der Waals surface area contributed by atoms with Gasteiger partial charge in [-0.1, -0.05) is 13.3 Å². The van der Waals surface area contributed by atoms with Gasteiger partial charge in [0.25, 0.3) is 0 Å². The molecule has 4 atom stereocenters. The molecule has 2 bridgehead atoms. The van der Waals surface area contributed by atoms with Gasteiger partial charge < -0.3 is 9.47 Å². The molecule has 2 aliphatic carbocycles. The van der Waals surface area contributed by atoms with Crippen LogP contribution in [0.1, 0.15) is 59.3 Å². The van der Waals surface area contributed by atoms with Gasteiger partial charge in [-0.25, -0.2) is 0 Å². The minimum Gasteiger partial charge on any atom is -0.384 e. The molecule has 1 heterocycles. The molecule has 3 aliphatic rings. The third kappa shape index (κ3) is 1.54. The van der Waals surface area contributed by atoms with Gasteiger partial charge in [-0.2, -0.15) is 0 Å². The molecule has 2 heteroatoms. The van der Waals surface area contributed by atoms with Crippen molar-refractivity contribution in [2.45, 2.75) is 70.5 Å². The maximum Gasteiger partial charge on any atom is 0.0796 e. The Morgan fingerprint density at radius 2 is 1.94 bits per heavy atom. The Hall–Kier alpha value is -0.0800. The lowest BCUT2D eigenvalue weighted by Crippen LogP contribution is -2.57. The van der Waals surface area contributed by atoms with E-state index in [1.54, 1.807) is 0 Å². The van der Waals surface area contributed by atoms with Crippen LogP contribution in [0, 0.1) is 17.3 Å². The first kappa shape index (κ1) is 12.9. The van der Waals surface area contributed by atoms with E-state index >= 15 is 0 Å². The van der Waals surface area contributed by atoms with Gasteiger partial charge in [-0.15, -0.1) is 0 Å². The van der Waals surface area contributed by atoms with Crippen LogP contribution in [0.5, 0.6) is 0 Å². The van der Waals surface area contributed by atoms with Crippen LogP contribution in [0.25, 0.3) is 0 Å². The third-order valence-corrected chi connectivity index (χ3v) is 6.35. The Labute approximate surface area is 111 Å². The average Bonchev–Trinajstić information content (AvgIpc) is 2.53. The number of hydrogen-bond donors (Lipinski definition) is 0. The molecule has 3 fully saturated rings. The lowest BCUT2D eigenvalue weighted by atomic mass is 9.52. The molecule has 0 N–H and O–H groups in total. The molecular weight excluding hydrogens is 224 g/mol. The van der Waals surface area contributed by atoms with Crippen molar-refractivity contribution in [1.29, 1.82) is 0 Å². The SMILES string of the molecule is COC[C@@H]1CCC[C@@]2(C)CC[C@@H]3C[C@]12OC3(C)C. The Morgan fingerprint density at radius 3 is 2.67 bits per heavy atom. The quantitative estimate of drug-likeness (QED) is 0.744. The molecule has 0 aromatic heterocycles. The Bertz CT molecular complexity index is 336. The number of rotatable bonds is 2. The van der Waals surface area contributed by atoms with Crippen molar-refractivity contribution in [3.8, 4) is 0 Å². The highest BCUT2D eigenvalue weighted by Crippen LogP contribution is 2.65. The lowest BCUT2D eigenvalue weighted by Gasteiger charge is -2.55. The summed E-state index contributed by atoms with van der Waals surface area (Å²) in [6.45, 7) is 7.96. The van der Waals surface area contributed by atoms with Gasteiger partial charge in [-0.3, -0.25) is 0 Å². The van der Waals surface area contributed by atoms with Gasteiger partial charge in [0.05, 0.1) is 17.8 Å². The van der Waals surface area contributed by atoms with Crippen molar-refractivity contribution in [3.05, 3.63) is 0 Å². The monoisotopic (exact) mass is 252 g/mol. The molecule has 2 saturated carbocycles. The highest BCUT2D eigenvalue weighted by Gasteiger charge is 2.66. The summed E-state index contributed by atoms with van der Waals surface area (Å²) < 4.78 is 12.3. The summed E-state index contributed by atoms with van der Waals surface area (Å²) in [4.78, 5) is 0. The second-order valence-electron chi connectivity index (χ2n) is 7.64. The minimum absolute atomic E-state index is 0.0705. The summed E-state index contributed by atoms with van der Waals surface area (Å²) in [7, 11) is 1.84. The van der Waals surface area contributed by atoms with Crippen molar-refractivity contribution in [1.82, 2.24) is 0 Å². The maximum absolute atomic E-state index is 6.75. The van der Waals surface area contributed by atoms with Crippen LogP contribution in [0.15, 0.2) is 0 Å². The van der Waals surface area contributed by atoms with Gasteiger partial charge in [0.15, 0.2) is 0 Å². The zero-order valence-electron chi connectivity index (χ0n) is 12.4. The second-order valence-corrected chi connectivity index (χ2v) is 7.64. The summed E-state index contributed by atoms with van der Waals surface area (Å²) in [6.07, 6.45) is 7.94. The molecule has 0 unspecified atom stereocenters. The van der Waals surface area contributed by atoms with Gasteiger partial charge in [-0.05, 0) is 57.3 Å². The predicted molar refractivity (Wildman–Crippen MR) is 72.6 cm³/mol. The number of methoxy groups -OCH3 is 1. The molecular formula is C16H28O2. The van der Waals surface area contributed by atoms with Crippen LogP contribution in [-0.2, 0) is 9.47 Å².